The minimum atomic E-state index is -0.291. The number of methoxy groups -OCH3 is 1. The van der Waals surface area contributed by atoms with Gasteiger partial charge in [-0.2, -0.15) is 0 Å². The summed E-state index contributed by atoms with van der Waals surface area (Å²) in [5.41, 5.74) is 2.14. The number of benzene rings is 3. The Hall–Kier alpha value is -3.60. The summed E-state index contributed by atoms with van der Waals surface area (Å²) in [6, 6.07) is 23.1. The highest BCUT2D eigenvalue weighted by Crippen LogP contribution is 2.21. The van der Waals surface area contributed by atoms with Gasteiger partial charge in [0.1, 0.15) is 5.75 Å². The van der Waals surface area contributed by atoms with Gasteiger partial charge in [-0.3, -0.25) is 9.59 Å². The summed E-state index contributed by atoms with van der Waals surface area (Å²) >= 11 is 0. The molecular weight excluding hydrogens is 340 g/mol. The van der Waals surface area contributed by atoms with Gasteiger partial charge in [-0.1, -0.05) is 30.3 Å². The smallest absolute Gasteiger partial charge is 0.260 e. The summed E-state index contributed by atoms with van der Waals surface area (Å²) in [5, 5.41) is 2.82. The minimum Gasteiger partial charge on any atom is -0.497 e. The van der Waals surface area contributed by atoms with Crippen molar-refractivity contribution in [3.63, 3.8) is 0 Å². The van der Waals surface area contributed by atoms with E-state index in [2.05, 4.69) is 5.32 Å². The Morgan fingerprint density at radius 3 is 2.15 bits per heavy atom. The Kier molecular flexibility index (Phi) is 5.52. The van der Waals surface area contributed by atoms with Gasteiger partial charge in [-0.15, -0.1) is 0 Å². The molecule has 0 atom stereocenters. The highest BCUT2D eigenvalue weighted by atomic mass is 16.5. The number of nitrogens with zero attached hydrogens (tertiary/aromatic N) is 1. The molecule has 27 heavy (non-hydrogen) atoms. The molecule has 0 saturated heterocycles. The van der Waals surface area contributed by atoms with Crippen LogP contribution in [0.15, 0.2) is 78.9 Å². The number of carbonyl (C=O) groups excluding carboxylic acids is 2. The van der Waals surface area contributed by atoms with Gasteiger partial charge in [0, 0.05) is 18.3 Å². The van der Waals surface area contributed by atoms with Crippen molar-refractivity contribution in [3.8, 4) is 5.75 Å². The molecule has 2 amide bonds. The molecule has 0 radical (unpaired) electrons. The Morgan fingerprint density at radius 2 is 1.48 bits per heavy atom. The molecule has 3 aromatic carbocycles. The molecule has 0 heterocycles. The van der Waals surface area contributed by atoms with Crippen molar-refractivity contribution in [3.05, 3.63) is 90.0 Å². The van der Waals surface area contributed by atoms with E-state index in [1.165, 1.54) is 0 Å². The first-order valence-corrected chi connectivity index (χ1v) is 8.47. The number of rotatable bonds is 5. The summed E-state index contributed by atoms with van der Waals surface area (Å²) in [5.74, 6) is 0.179. The van der Waals surface area contributed by atoms with Gasteiger partial charge in [-0.05, 0) is 48.5 Å². The number of carbonyl (C=O) groups is 2. The third-order valence-corrected chi connectivity index (χ3v) is 4.21. The van der Waals surface area contributed by atoms with Gasteiger partial charge < -0.3 is 15.0 Å². The number of ether oxygens (including phenoxy) is 1. The Morgan fingerprint density at radius 1 is 0.852 bits per heavy atom. The third kappa shape index (κ3) is 4.15. The van der Waals surface area contributed by atoms with Crippen molar-refractivity contribution in [2.24, 2.45) is 0 Å². The molecule has 0 aliphatic heterocycles. The zero-order valence-corrected chi connectivity index (χ0v) is 15.2. The maximum atomic E-state index is 12.9. The predicted octanol–water partition coefficient (Wildman–Crippen LogP) is 4.22. The highest BCUT2D eigenvalue weighted by Gasteiger charge is 2.18. The van der Waals surface area contributed by atoms with Gasteiger partial charge in [0.15, 0.2) is 0 Å². The van der Waals surface area contributed by atoms with E-state index in [1.807, 2.05) is 30.3 Å². The predicted molar refractivity (Wildman–Crippen MR) is 107 cm³/mol. The minimum absolute atomic E-state index is 0.202. The number of para-hydroxylation sites is 2. The Labute approximate surface area is 158 Å². The molecule has 0 aliphatic carbocycles. The normalized spacial score (nSPS) is 10.1. The van der Waals surface area contributed by atoms with Crippen molar-refractivity contribution < 1.29 is 14.3 Å². The van der Waals surface area contributed by atoms with Gasteiger partial charge in [0.05, 0.1) is 18.4 Å². The van der Waals surface area contributed by atoms with Crippen LogP contribution in [0, 0.1) is 0 Å². The van der Waals surface area contributed by atoms with Crippen LogP contribution in [0.2, 0.25) is 0 Å². The molecule has 0 aliphatic rings. The Balaban J connectivity index is 1.83. The van der Waals surface area contributed by atoms with Crippen LogP contribution in [-0.4, -0.2) is 26.0 Å². The fourth-order valence-electron chi connectivity index (χ4n) is 2.67. The van der Waals surface area contributed by atoms with Crippen LogP contribution in [0.1, 0.15) is 20.7 Å². The fourth-order valence-corrected chi connectivity index (χ4v) is 2.67. The second kappa shape index (κ2) is 8.19. The van der Waals surface area contributed by atoms with Crippen LogP contribution >= 0.6 is 0 Å². The topological polar surface area (TPSA) is 58.6 Å². The summed E-state index contributed by atoms with van der Waals surface area (Å²) in [4.78, 5) is 27.0. The first kappa shape index (κ1) is 18.2. The number of nitrogens with one attached hydrogen (secondary N) is 1. The summed E-state index contributed by atoms with van der Waals surface area (Å²) in [6.45, 7) is 0. The standard InChI is InChI=1S/C22H20N2O3/c1-24(17-8-4-3-5-9-17)22(26)19-10-6-7-11-20(19)23-21(25)16-12-14-18(27-2)15-13-16/h3-15H,1-2H3,(H,23,25). The van der Waals surface area contributed by atoms with Gasteiger partial charge in [0.25, 0.3) is 11.8 Å². The molecule has 136 valence electrons. The van der Waals surface area contributed by atoms with Gasteiger partial charge in [-0.25, -0.2) is 0 Å². The van der Waals surface area contributed by atoms with Crippen molar-refractivity contribution in [1.29, 1.82) is 0 Å². The van der Waals surface area contributed by atoms with E-state index in [4.69, 9.17) is 4.74 Å². The Bertz CT molecular complexity index is 937. The third-order valence-electron chi connectivity index (χ3n) is 4.21. The zero-order chi connectivity index (χ0) is 19.2. The summed E-state index contributed by atoms with van der Waals surface area (Å²) in [7, 11) is 3.28. The second-order valence-corrected chi connectivity index (χ2v) is 5.93. The zero-order valence-electron chi connectivity index (χ0n) is 15.2. The molecule has 0 fully saturated rings. The number of anilines is 2. The first-order chi connectivity index (χ1) is 13.1. The number of amides is 2. The maximum Gasteiger partial charge on any atom is 0.260 e. The number of hydrogen-bond donors (Lipinski definition) is 1. The van der Waals surface area contributed by atoms with Gasteiger partial charge in [0.2, 0.25) is 0 Å². The van der Waals surface area contributed by atoms with E-state index in [9.17, 15) is 9.59 Å². The molecule has 5 heteroatoms. The first-order valence-electron chi connectivity index (χ1n) is 8.47. The van der Waals surface area contributed by atoms with Crippen molar-refractivity contribution >= 4 is 23.2 Å². The second-order valence-electron chi connectivity index (χ2n) is 5.93. The van der Waals surface area contributed by atoms with Gasteiger partial charge >= 0.3 is 0 Å². The lowest BCUT2D eigenvalue weighted by molar-refractivity contribution is 0.0994. The van der Waals surface area contributed by atoms with Crippen molar-refractivity contribution in [2.45, 2.75) is 0 Å². The lowest BCUT2D eigenvalue weighted by Crippen LogP contribution is -2.27. The largest absolute Gasteiger partial charge is 0.497 e. The fraction of sp³-hybridized carbons (Fsp3) is 0.0909. The monoisotopic (exact) mass is 360 g/mol. The lowest BCUT2D eigenvalue weighted by atomic mass is 10.1. The maximum absolute atomic E-state index is 12.9. The molecule has 3 aromatic rings. The van der Waals surface area contributed by atoms with E-state index in [-0.39, 0.29) is 11.8 Å². The molecule has 5 nitrogen and oxygen atoms in total. The molecule has 0 bridgehead atoms. The molecule has 1 N–H and O–H groups in total. The van der Waals surface area contributed by atoms with Crippen LogP contribution in [0.4, 0.5) is 11.4 Å². The quantitative estimate of drug-likeness (QED) is 0.741. The van der Waals surface area contributed by atoms with Crippen molar-refractivity contribution in [2.75, 3.05) is 24.4 Å². The molecule has 0 spiro atoms. The molecule has 0 aromatic heterocycles. The SMILES string of the molecule is COc1ccc(C(=O)Nc2ccccc2C(=O)N(C)c2ccccc2)cc1. The lowest BCUT2D eigenvalue weighted by Gasteiger charge is -2.19. The highest BCUT2D eigenvalue weighted by molar-refractivity contribution is 6.13. The van der Waals surface area contributed by atoms with E-state index < -0.39 is 0 Å². The average Bonchev–Trinajstić information content (AvgIpc) is 2.73. The van der Waals surface area contributed by atoms with Crippen molar-refractivity contribution in [1.82, 2.24) is 0 Å². The average molecular weight is 360 g/mol. The van der Waals surface area contributed by atoms with Crippen LogP contribution in [-0.2, 0) is 0 Å². The molecule has 0 saturated carbocycles. The summed E-state index contributed by atoms with van der Waals surface area (Å²) in [6.07, 6.45) is 0. The molecular formula is C22H20N2O3. The summed E-state index contributed by atoms with van der Waals surface area (Å²) < 4.78 is 5.10. The van der Waals surface area contributed by atoms with E-state index >= 15 is 0 Å². The molecule has 3 rings (SSSR count). The van der Waals surface area contributed by atoms with E-state index in [0.29, 0.717) is 22.6 Å². The number of hydrogen-bond acceptors (Lipinski definition) is 3. The van der Waals surface area contributed by atoms with Crippen LogP contribution in [0.5, 0.6) is 5.75 Å². The molecule has 0 unspecified atom stereocenters. The van der Waals surface area contributed by atoms with E-state index in [1.54, 1.807) is 67.6 Å². The van der Waals surface area contributed by atoms with Crippen LogP contribution in [0.25, 0.3) is 0 Å². The van der Waals surface area contributed by atoms with Crippen LogP contribution in [0.3, 0.4) is 0 Å². The van der Waals surface area contributed by atoms with E-state index in [0.717, 1.165) is 5.69 Å². The van der Waals surface area contributed by atoms with Crippen LogP contribution < -0.4 is 15.0 Å².